The van der Waals surface area contributed by atoms with Crippen LogP contribution in [0, 0.1) is 10.1 Å². The molecular weight excluding hydrogens is 268 g/mol. The van der Waals surface area contributed by atoms with Crippen LogP contribution in [-0.2, 0) is 6.54 Å². The highest BCUT2D eigenvalue weighted by Crippen LogP contribution is 2.07. The van der Waals surface area contributed by atoms with Crippen LogP contribution in [0.1, 0.15) is 16.2 Å². The monoisotopic (exact) mass is 276 g/mol. The largest absolute Gasteiger partial charge is 0.477 e. The van der Waals surface area contributed by atoms with Crippen molar-refractivity contribution in [3.05, 3.63) is 62.6 Å². The third-order valence-corrected chi connectivity index (χ3v) is 2.41. The molecule has 0 bridgehead atoms. The van der Waals surface area contributed by atoms with Crippen molar-refractivity contribution >= 4 is 11.7 Å². The van der Waals surface area contributed by atoms with Crippen LogP contribution in [0.15, 0.2) is 35.4 Å². The summed E-state index contributed by atoms with van der Waals surface area (Å²) in [6.07, 6.45) is 1.89. The van der Waals surface area contributed by atoms with Crippen LogP contribution < -0.4 is 5.69 Å². The van der Waals surface area contributed by atoms with E-state index in [-0.39, 0.29) is 23.6 Å². The van der Waals surface area contributed by atoms with Crippen molar-refractivity contribution in [3.63, 3.8) is 0 Å². The SMILES string of the molecule is O=C(O)c1cccc(Cn2cc([N+](=O)[O-])cnc2=O)n1. The topological polar surface area (TPSA) is 128 Å². The fourth-order valence-corrected chi connectivity index (χ4v) is 1.51. The Morgan fingerprint density at radius 1 is 1.45 bits per heavy atom. The van der Waals surface area contributed by atoms with Crippen LogP contribution in [0.25, 0.3) is 0 Å². The van der Waals surface area contributed by atoms with Gasteiger partial charge in [-0.05, 0) is 12.1 Å². The normalized spacial score (nSPS) is 10.2. The molecular formula is C11H8N4O5. The number of hydrogen-bond acceptors (Lipinski definition) is 6. The van der Waals surface area contributed by atoms with Crippen molar-refractivity contribution in [1.82, 2.24) is 14.5 Å². The van der Waals surface area contributed by atoms with E-state index in [1.54, 1.807) is 0 Å². The van der Waals surface area contributed by atoms with Gasteiger partial charge in [0.25, 0.3) is 0 Å². The van der Waals surface area contributed by atoms with E-state index < -0.39 is 16.6 Å². The number of rotatable bonds is 4. The van der Waals surface area contributed by atoms with Crippen LogP contribution in [0.4, 0.5) is 5.69 Å². The molecule has 9 heteroatoms. The second-order valence-corrected chi connectivity index (χ2v) is 3.80. The Labute approximate surface area is 111 Å². The molecule has 20 heavy (non-hydrogen) atoms. The lowest BCUT2D eigenvalue weighted by Gasteiger charge is -2.04. The summed E-state index contributed by atoms with van der Waals surface area (Å²) in [6, 6.07) is 4.29. The summed E-state index contributed by atoms with van der Waals surface area (Å²) in [5, 5.41) is 19.4. The van der Waals surface area contributed by atoms with Crippen LogP contribution >= 0.6 is 0 Å². The van der Waals surface area contributed by atoms with E-state index in [2.05, 4.69) is 9.97 Å². The number of aromatic nitrogens is 3. The van der Waals surface area contributed by atoms with Crippen LogP contribution in [0.2, 0.25) is 0 Å². The molecule has 2 aromatic rings. The maximum Gasteiger partial charge on any atom is 0.354 e. The first-order chi connectivity index (χ1) is 9.47. The third-order valence-electron chi connectivity index (χ3n) is 2.41. The average molecular weight is 276 g/mol. The molecule has 0 amide bonds. The number of nitro groups is 1. The molecule has 0 spiro atoms. The maximum absolute atomic E-state index is 11.5. The molecule has 0 aliphatic heterocycles. The van der Waals surface area contributed by atoms with E-state index in [1.807, 2.05) is 0 Å². The summed E-state index contributed by atoms with van der Waals surface area (Å²) in [5.74, 6) is -1.20. The summed E-state index contributed by atoms with van der Waals surface area (Å²) < 4.78 is 0.992. The number of carboxylic acids is 1. The van der Waals surface area contributed by atoms with Gasteiger partial charge in [0, 0.05) is 0 Å². The van der Waals surface area contributed by atoms with E-state index in [4.69, 9.17) is 5.11 Å². The van der Waals surface area contributed by atoms with E-state index in [9.17, 15) is 19.7 Å². The van der Waals surface area contributed by atoms with Gasteiger partial charge in [-0.15, -0.1) is 0 Å². The van der Waals surface area contributed by atoms with Gasteiger partial charge in [-0.1, -0.05) is 6.07 Å². The maximum atomic E-state index is 11.5. The van der Waals surface area contributed by atoms with Crippen molar-refractivity contribution in [1.29, 1.82) is 0 Å². The van der Waals surface area contributed by atoms with Gasteiger partial charge in [0.1, 0.15) is 11.9 Å². The minimum atomic E-state index is -1.20. The van der Waals surface area contributed by atoms with Gasteiger partial charge < -0.3 is 5.11 Å². The van der Waals surface area contributed by atoms with Gasteiger partial charge in [-0.3, -0.25) is 14.7 Å². The predicted octanol–water partition coefficient (Wildman–Crippen LogP) is 0.293. The van der Waals surface area contributed by atoms with E-state index in [1.165, 1.54) is 18.2 Å². The Hall–Kier alpha value is -3.10. The first-order valence-corrected chi connectivity index (χ1v) is 5.37. The van der Waals surface area contributed by atoms with Crippen molar-refractivity contribution in [2.24, 2.45) is 0 Å². The molecule has 0 fully saturated rings. The summed E-state index contributed by atoms with van der Waals surface area (Å²) in [6.45, 7) is -0.103. The molecule has 0 atom stereocenters. The Balaban J connectivity index is 2.37. The predicted molar refractivity (Wildman–Crippen MR) is 65.4 cm³/mol. The molecule has 0 aliphatic rings. The number of aromatic carboxylic acids is 1. The zero-order valence-electron chi connectivity index (χ0n) is 9.96. The lowest BCUT2D eigenvalue weighted by molar-refractivity contribution is -0.385. The lowest BCUT2D eigenvalue weighted by Crippen LogP contribution is -2.23. The highest BCUT2D eigenvalue weighted by Gasteiger charge is 2.11. The van der Waals surface area contributed by atoms with Gasteiger partial charge in [0.2, 0.25) is 0 Å². The summed E-state index contributed by atoms with van der Waals surface area (Å²) >= 11 is 0. The zero-order chi connectivity index (χ0) is 14.7. The molecule has 0 saturated heterocycles. The molecule has 9 nitrogen and oxygen atoms in total. The van der Waals surface area contributed by atoms with Crippen LogP contribution in [-0.4, -0.2) is 30.5 Å². The van der Waals surface area contributed by atoms with Gasteiger partial charge in [0.15, 0.2) is 0 Å². The zero-order valence-corrected chi connectivity index (χ0v) is 9.96. The molecule has 0 unspecified atom stereocenters. The smallest absolute Gasteiger partial charge is 0.354 e. The van der Waals surface area contributed by atoms with E-state index >= 15 is 0 Å². The van der Waals surface area contributed by atoms with Crippen molar-refractivity contribution in [2.75, 3.05) is 0 Å². The molecule has 0 saturated carbocycles. The molecule has 1 N–H and O–H groups in total. The average Bonchev–Trinajstić information content (AvgIpc) is 2.41. The van der Waals surface area contributed by atoms with Crippen molar-refractivity contribution in [3.8, 4) is 0 Å². The fraction of sp³-hybridized carbons (Fsp3) is 0.0909. The van der Waals surface area contributed by atoms with Crippen molar-refractivity contribution in [2.45, 2.75) is 6.54 Å². The van der Waals surface area contributed by atoms with Gasteiger partial charge in [-0.25, -0.2) is 14.6 Å². The third kappa shape index (κ3) is 2.83. The van der Waals surface area contributed by atoms with Gasteiger partial charge >= 0.3 is 17.3 Å². The molecule has 2 rings (SSSR count). The number of nitrogens with zero attached hydrogens (tertiary/aromatic N) is 4. The minimum Gasteiger partial charge on any atom is -0.477 e. The Morgan fingerprint density at radius 2 is 2.20 bits per heavy atom. The number of carbonyl (C=O) groups is 1. The van der Waals surface area contributed by atoms with Gasteiger partial charge in [0.05, 0.1) is 23.4 Å². The first-order valence-electron chi connectivity index (χ1n) is 5.37. The summed E-state index contributed by atoms with van der Waals surface area (Å²) in [5.41, 5.74) is -0.902. The standard InChI is InChI=1S/C11H8N4O5/c16-10(17)9-3-1-2-7(13-9)5-14-6-8(15(19)20)4-12-11(14)18/h1-4,6H,5H2,(H,16,17). The highest BCUT2D eigenvalue weighted by atomic mass is 16.6. The molecule has 102 valence electrons. The van der Waals surface area contributed by atoms with Crippen LogP contribution in [0.3, 0.4) is 0 Å². The van der Waals surface area contributed by atoms with Crippen molar-refractivity contribution < 1.29 is 14.8 Å². The van der Waals surface area contributed by atoms with E-state index in [0.29, 0.717) is 0 Å². The molecule has 2 heterocycles. The Bertz CT molecular complexity index is 740. The molecule has 0 aliphatic carbocycles. The second kappa shape index (κ2) is 5.26. The first kappa shape index (κ1) is 13.3. The number of hydrogen-bond donors (Lipinski definition) is 1. The molecule has 2 aromatic heterocycles. The second-order valence-electron chi connectivity index (χ2n) is 3.80. The highest BCUT2D eigenvalue weighted by molar-refractivity contribution is 5.85. The van der Waals surface area contributed by atoms with Crippen LogP contribution in [0.5, 0.6) is 0 Å². The Kier molecular flexibility index (Phi) is 3.51. The summed E-state index contributed by atoms with van der Waals surface area (Å²) in [7, 11) is 0. The number of pyridine rings is 1. The summed E-state index contributed by atoms with van der Waals surface area (Å²) in [4.78, 5) is 39.4. The number of carboxylic acid groups (broad SMARTS) is 1. The lowest BCUT2D eigenvalue weighted by atomic mass is 10.3. The molecule has 0 radical (unpaired) electrons. The fourth-order valence-electron chi connectivity index (χ4n) is 1.51. The molecule has 0 aromatic carbocycles. The minimum absolute atomic E-state index is 0.103. The Morgan fingerprint density at radius 3 is 2.85 bits per heavy atom. The van der Waals surface area contributed by atoms with E-state index in [0.717, 1.165) is 17.0 Å². The quantitative estimate of drug-likeness (QED) is 0.627. The van der Waals surface area contributed by atoms with Gasteiger partial charge in [-0.2, -0.15) is 4.98 Å².